The van der Waals surface area contributed by atoms with Crippen molar-refractivity contribution in [3.63, 3.8) is 0 Å². The van der Waals surface area contributed by atoms with Gasteiger partial charge in [-0.05, 0) is 29.8 Å². The first-order valence-corrected chi connectivity index (χ1v) is 6.43. The Labute approximate surface area is 121 Å². The lowest BCUT2D eigenvalue weighted by molar-refractivity contribution is -0.117. The summed E-state index contributed by atoms with van der Waals surface area (Å²) in [5, 5.41) is 1.23. The normalized spacial score (nSPS) is 16.4. The third-order valence-electron chi connectivity index (χ3n) is 3.20. The first-order valence-electron chi connectivity index (χ1n) is 6.43. The molecule has 2 amide bonds. The molecule has 0 atom stereocenters. The van der Waals surface area contributed by atoms with Crippen LogP contribution in [-0.2, 0) is 9.59 Å². The Kier molecular flexibility index (Phi) is 3.16. The number of amides is 2. The van der Waals surface area contributed by atoms with Crippen LogP contribution in [0.1, 0.15) is 5.56 Å². The van der Waals surface area contributed by atoms with Crippen LogP contribution in [0.2, 0.25) is 0 Å². The predicted octanol–water partition coefficient (Wildman–Crippen LogP) is 1.73. The molecule has 5 nitrogen and oxygen atoms in total. The van der Waals surface area contributed by atoms with Crippen molar-refractivity contribution in [2.45, 2.75) is 0 Å². The molecule has 3 N–H and O–H groups in total. The fraction of sp³-hybridized carbons (Fsp3) is 0. The Hall–Kier alpha value is -3.08. The van der Waals surface area contributed by atoms with E-state index in [9.17, 15) is 9.59 Å². The minimum atomic E-state index is -0.438. The van der Waals surface area contributed by atoms with Crippen LogP contribution >= 0.6 is 0 Å². The van der Waals surface area contributed by atoms with Crippen LogP contribution < -0.4 is 16.2 Å². The lowest BCUT2D eigenvalue weighted by atomic mass is 10.1. The van der Waals surface area contributed by atoms with Gasteiger partial charge in [0, 0.05) is 5.69 Å². The summed E-state index contributed by atoms with van der Waals surface area (Å²) in [6, 6.07) is 16.0. The molecule has 1 aliphatic heterocycles. The maximum atomic E-state index is 12.4. The molecule has 2 aromatic rings. The molecule has 0 unspecified atom stereocenters. The molecular formula is C16H13N3O2. The molecule has 0 radical (unpaired) electrons. The van der Waals surface area contributed by atoms with Gasteiger partial charge >= 0.3 is 0 Å². The van der Waals surface area contributed by atoms with Crippen LogP contribution in [0.3, 0.4) is 0 Å². The summed E-state index contributed by atoms with van der Waals surface area (Å²) in [6.07, 6.45) is 1.51. The van der Waals surface area contributed by atoms with Crippen molar-refractivity contribution in [1.82, 2.24) is 5.43 Å². The molecule has 2 aromatic carbocycles. The topological polar surface area (TPSA) is 75.4 Å². The summed E-state index contributed by atoms with van der Waals surface area (Å²) in [7, 11) is 0. The number of nitrogens with one attached hydrogen (secondary N) is 1. The largest absolute Gasteiger partial charge is 0.398 e. The van der Waals surface area contributed by atoms with Crippen LogP contribution in [-0.4, -0.2) is 11.8 Å². The molecule has 1 saturated heterocycles. The van der Waals surface area contributed by atoms with E-state index in [4.69, 9.17) is 5.73 Å². The molecule has 0 bridgehead atoms. The summed E-state index contributed by atoms with van der Waals surface area (Å²) < 4.78 is 0. The Morgan fingerprint density at radius 2 is 1.62 bits per heavy atom. The molecular weight excluding hydrogens is 266 g/mol. The Balaban J connectivity index is 1.97. The summed E-state index contributed by atoms with van der Waals surface area (Å²) >= 11 is 0. The van der Waals surface area contributed by atoms with Gasteiger partial charge < -0.3 is 5.73 Å². The maximum Gasteiger partial charge on any atom is 0.282 e. The van der Waals surface area contributed by atoms with Gasteiger partial charge in [0.1, 0.15) is 5.57 Å². The first kappa shape index (κ1) is 12.9. The highest BCUT2D eigenvalue weighted by atomic mass is 16.2. The van der Waals surface area contributed by atoms with Crippen molar-refractivity contribution < 1.29 is 9.59 Å². The molecule has 0 saturated carbocycles. The van der Waals surface area contributed by atoms with Crippen LogP contribution in [0.4, 0.5) is 11.4 Å². The number of benzene rings is 2. The zero-order valence-electron chi connectivity index (χ0n) is 11.1. The van der Waals surface area contributed by atoms with Crippen LogP contribution in [0.5, 0.6) is 0 Å². The highest BCUT2D eigenvalue weighted by molar-refractivity contribution is 6.31. The smallest absolute Gasteiger partial charge is 0.282 e. The summed E-state index contributed by atoms with van der Waals surface area (Å²) in [5.41, 5.74) is 10.2. The van der Waals surface area contributed by atoms with E-state index in [0.717, 1.165) is 0 Å². The van der Waals surface area contributed by atoms with Gasteiger partial charge in [0.05, 0.1) is 5.69 Å². The highest BCUT2D eigenvalue weighted by Crippen LogP contribution is 2.22. The number of nitrogens with zero attached hydrogens (tertiary/aromatic N) is 1. The van der Waals surface area contributed by atoms with Crippen molar-refractivity contribution in [2.75, 3.05) is 10.7 Å². The summed E-state index contributed by atoms with van der Waals surface area (Å²) in [4.78, 5) is 24.4. The Morgan fingerprint density at radius 3 is 2.33 bits per heavy atom. The van der Waals surface area contributed by atoms with Crippen molar-refractivity contribution in [3.8, 4) is 0 Å². The number of nitrogens with two attached hydrogens (primary N) is 1. The average molecular weight is 279 g/mol. The minimum absolute atomic E-state index is 0.0664. The van der Waals surface area contributed by atoms with E-state index in [-0.39, 0.29) is 5.57 Å². The molecule has 3 rings (SSSR count). The molecule has 0 aromatic heterocycles. The van der Waals surface area contributed by atoms with Gasteiger partial charge in [0.15, 0.2) is 0 Å². The van der Waals surface area contributed by atoms with E-state index in [2.05, 4.69) is 5.43 Å². The van der Waals surface area contributed by atoms with Crippen molar-refractivity contribution in [1.29, 1.82) is 0 Å². The van der Waals surface area contributed by atoms with Gasteiger partial charge in [-0.2, -0.15) is 0 Å². The lowest BCUT2D eigenvalue weighted by Crippen LogP contribution is -2.35. The number of rotatable bonds is 2. The highest BCUT2D eigenvalue weighted by Gasteiger charge is 2.34. The monoisotopic (exact) mass is 279 g/mol. The number of anilines is 2. The third kappa shape index (κ3) is 2.36. The molecule has 0 aliphatic carbocycles. The summed E-state index contributed by atoms with van der Waals surface area (Å²) in [5.74, 6) is -0.832. The molecule has 0 spiro atoms. The van der Waals surface area contributed by atoms with Gasteiger partial charge in [-0.1, -0.05) is 36.4 Å². The van der Waals surface area contributed by atoms with Crippen molar-refractivity contribution in [2.24, 2.45) is 0 Å². The predicted molar refractivity (Wildman–Crippen MR) is 80.9 cm³/mol. The standard InChI is InChI=1S/C16H13N3O2/c17-14-9-5-4-6-11(14)10-13-15(20)18-19(16(13)21)12-7-2-1-3-8-12/h1-10H,17H2,(H,18,20). The van der Waals surface area contributed by atoms with Gasteiger partial charge in [0.2, 0.25) is 0 Å². The van der Waals surface area contributed by atoms with Crippen molar-refractivity contribution in [3.05, 3.63) is 65.7 Å². The molecule has 5 heteroatoms. The number of carbonyl (C=O) groups is 2. The first-order chi connectivity index (χ1) is 10.2. The second-order valence-corrected chi connectivity index (χ2v) is 4.60. The quantitative estimate of drug-likeness (QED) is 0.499. The fourth-order valence-corrected chi connectivity index (χ4v) is 2.11. The lowest BCUT2D eigenvalue weighted by Gasteiger charge is -2.13. The Bertz CT molecular complexity index is 738. The zero-order valence-corrected chi connectivity index (χ0v) is 11.1. The number of carbonyl (C=O) groups excluding carboxylic acids is 2. The number of nitrogen functional groups attached to an aromatic ring is 1. The van der Waals surface area contributed by atoms with Gasteiger partial charge in [0.25, 0.3) is 11.8 Å². The minimum Gasteiger partial charge on any atom is -0.398 e. The van der Waals surface area contributed by atoms with Crippen LogP contribution in [0.15, 0.2) is 60.2 Å². The fourth-order valence-electron chi connectivity index (χ4n) is 2.11. The molecule has 104 valence electrons. The second kappa shape index (κ2) is 5.13. The SMILES string of the molecule is Nc1ccccc1C=C1C(=O)NN(c2ccccc2)C1=O. The van der Waals surface area contributed by atoms with E-state index in [0.29, 0.717) is 16.9 Å². The summed E-state index contributed by atoms with van der Waals surface area (Å²) in [6.45, 7) is 0. The van der Waals surface area contributed by atoms with Gasteiger partial charge in [-0.25, -0.2) is 5.01 Å². The molecule has 1 heterocycles. The van der Waals surface area contributed by atoms with E-state index >= 15 is 0 Å². The van der Waals surface area contributed by atoms with Crippen LogP contribution in [0, 0.1) is 0 Å². The van der Waals surface area contributed by atoms with E-state index in [1.54, 1.807) is 48.5 Å². The number of para-hydroxylation sites is 2. The molecule has 1 aliphatic rings. The van der Waals surface area contributed by atoms with Gasteiger partial charge in [-0.3, -0.25) is 15.0 Å². The molecule has 1 fully saturated rings. The average Bonchev–Trinajstić information content (AvgIpc) is 2.78. The van der Waals surface area contributed by atoms with Gasteiger partial charge in [-0.15, -0.1) is 0 Å². The number of hydrogen-bond acceptors (Lipinski definition) is 3. The van der Waals surface area contributed by atoms with E-state index < -0.39 is 11.8 Å². The van der Waals surface area contributed by atoms with E-state index in [1.807, 2.05) is 6.07 Å². The van der Waals surface area contributed by atoms with Crippen LogP contribution in [0.25, 0.3) is 6.08 Å². The second-order valence-electron chi connectivity index (χ2n) is 4.60. The Morgan fingerprint density at radius 1 is 0.952 bits per heavy atom. The number of hydrazine groups is 1. The zero-order chi connectivity index (χ0) is 14.8. The third-order valence-corrected chi connectivity index (χ3v) is 3.20. The molecule has 21 heavy (non-hydrogen) atoms. The van der Waals surface area contributed by atoms with E-state index in [1.165, 1.54) is 11.1 Å². The van der Waals surface area contributed by atoms with Crippen molar-refractivity contribution >= 4 is 29.3 Å². The number of hydrogen-bond donors (Lipinski definition) is 2. The maximum absolute atomic E-state index is 12.4.